The van der Waals surface area contributed by atoms with Gasteiger partial charge in [0.15, 0.2) is 0 Å². The average Bonchev–Trinajstić information content (AvgIpc) is 2.90. The highest BCUT2D eigenvalue weighted by atomic mass is 32.1. The van der Waals surface area contributed by atoms with Crippen LogP contribution in [0.5, 0.6) is 0 Å². The molecule has 0 saturated heterocycles. The van der Waals surface area contributed by atoms with Crippen LogP contribution in [-0.2, 0) is 12.0 Å². The summed E-state index contributed by atoms with van der Waals surface area (Å²) in [5.41, 5.74) is 4.70. The lowest BCUT2D eigenvalue weighted by Crippen LogP contribution is -2.36. The smallest absolute Gasteiger partial charge is 0.0789 e. The van der Waals surface area contributed by atoms with E-state index in [9.17, 15) is 0 Å². The van der Waals surface area contributed by atoms with Gasteiger partial charge in [-0.1, -0.05) is 24.3 Å². The van der Waals surface area contributed by atoms with E-state index in [0.29, 0.717) is 6.04 Å². The van der Waals surface area contributed by atoms with Gasteiger partial charge in [0, 0.05) is 10.9 Å². The molecule has 1 nitrogen and oxygen atoms in total. The number of nitrogens with zero attached hydrogens (tertiary/aromatic N) is 1. The maximum atomic E-state index is 2.58. The minimum absolute atomic E-state index is 0.0846. The van der Waals surface area contributed by atoms with Crippen molar-refractivity contribution in [2.75, 3.05) is 7.05 Å². The SMILES string of the molecule is CN1C2CCc3ccsc3C1(C)c1ccccc12. The fourth-order valence-corrected chi connectivity index (χ4v) is 5.00. The second-order valence-corrected chi connectivity index (χ2v) is 6.52. The molecule has 0 saturated carbocycles. The summed E-state index contributed by atoms with van der Waals surface area (Å²) in [4.78, 5) is 4.14. The predicted octanol–water partition coefficient (Wildman–Crippen LogP) is 3.94. The van der Waals surface area contributed by atoms with Gasteiger partial charge in [-0.2, -0.15) is 0 Å². The molecule has 2 aliphatic heterocycles. The Kier molecular flexibility index (Phi) is 2.07. The summed E-state index contributed by atoms with van der Waals surface area (Å²) in [7, 11) is 2.29. The highest BCUT2D eigenvalue weighted by molar-refractivity contribution is 7.10. The Morgan fingerprint density at radius 3 is 3.00 bits per heavy atom. The van der Waals surface area contributed by atoms with Crippen molar-refractivity contribution in [1.82, 2.24) is 4.90 Å². The lowest BCUT2D eigenvalue weighted by Gasteiger charge is -2.34. The highest BCUT2D eigenvalue weighted by Crippen LogP contribution is 2.54. The molecule has 1 aromatic carbocycles. The van der Waals surface area contributed by atoms with Crippen molar-refractivity contribution >= 4 is 11.3 Å². The Morgan fingerprint density at radius 1 is 1.28 bits per heavy atom. The first-order valence-electron chi connectivity index (χ1n) is 6.62. The van der Waals surface area contributed by atoms with E-state index in [1.807, 2.05) is 11.3 Å². The minimum atomic E-state index is 0.0846. The van der Waals surface area contributed by atoms with Crippen LogP contribution in [0.25, 0.3) is 0 Å². The number of thiophene rings is 1. The summed E-state index contributed by atoms with van der Waals surface area (Å²) in [5, 5.41) is 2.25. The van der Waals surface area contributed by atoms with Crippen LogP contribution in [0.15, 0.2) is 35.7 Å². The molecular weight excluding hydrogens is 238 g/mol. The van der Waals surface area contributed by atoms with Crippen molar-refractivity contribution in [3.8, 4) is 0 Å². The second kappa shape index (κ2) is 3.46. The van der Waals surface area contributed by atoms with Gasteiger partial charge >= 0.3 is 0 Å². The Balaban J connectivity index is 2.07. The molecule has 2 atom stereocenters. The van der Waals surface area contributed by atoms with Gasteiger partial charge in [0.1, 0.15) is 0 Å². The average molecular weight is 255 g/mol. The van der Waals surface area contributed by atoms with Crippen molar-refractivity contribution in [2.24, 2.45) is 0 Å². The van der Waals surface area contributed by atoms with E-state index in [1.54, 1.807) is 16.0 Å². The van der Waals surface area contributed by atoms with E-state index in [2.05, 4.69) is 54.6 Å². The van der Waals surface area contributed by atoms with Crippen molar-refractivity contribution in [3.05, 3.63) is 57.3 Å². The van der Waals surface area contributed by atoms with E-state index in [1.165, 1.54) is 18.4 Å². The summed E-state index contributed by atoms with van der Waals surface area (Å²) in [6, 6.07) is 11.9. The zero-order chi connectivity index (χ0) is 12.3. The van der Waals surface area contributed by atoms with Crippen LogP contribution < -0.4 is 0 Å². The molecule has 2 bridgehead atoms. The van der Waals surface area contributed by atoms with Gasteiger partial charge in [0.05, 0.1) is 5.54 Å². The quantitative estimate of drug-likeness (QED) is 0.689. The molecule has 0 amide bonds. The number of hydrogen-bond donors (Lipinski definition) is 0. The van der Waals surface area contributed by atoms with Gasteiger partial charge in [-0.15, -0.1) is 11.3 Å². The lowest BCUT2D eigenvalue weighted by atomic mass is 9.85. The van der Waals surface area contributed by atoms with Crippen LogP contribution in [0.4, 0.5) is 0 Å². The van der Waals surface area contributed by atoms with E-state index < -0.39 is 0 Å². The molecule has 1 aromatic heterocycles. The zero-order valence-corrected chi connectivity index (χ0v) is 11.6. The van der Waals surface area contributed by atoms with Crippen molar-refractivity contribution in [2.45, 2.75) is 31.3 Å². The summed E-state index contributed by atoms with van der Waals surface area (Å²) in [6.07, 6.45) is 2.46. The van der Waals surface area contributed by atoms with Gasteiger partial charge in [-0.05, 0) is 54.9 Å². The molecule has 92 valence electrons. The molecule has 0 spiro atoms. The predicted molar refractivity (Wildman–Crippen MR) is 76.0 cm³/mol. The Bertz CT molecular complexity index is 615. The normalized spacial score (nSPS) is 29.8. The molecule has 2 heteroatoms. The number of rotatable bonds is 0. The Morgan fingerprint density at radius 2 is 2.11 bits per heavy atom. The van der Waals surface area contributed by atoms with Crippen LogP contribution >= 0.6 is 11.3 Å². The van der Waals surface area contributed by atoms with Gasteiger partial charge in [0.25, 0.3) is 0 Å². The molecule has 2 unspecified atom stereocenters. The molecule has 0 N–H and O–H groups in total. The maximum absolute atomic E-state index is 2.58. The molecule has 3 heterocycles. The number of benzene rings is 1. The van der Waals surface area contributed by atoms with Gasteiger partial charge in [-0.25, -0.2) is 0 Å². The standard InChI is InChI=1S/C16H17NS/c1-16-13-6-4-3-5-12(13)14(17(16)2)8-7-11-9-10-18-15(11)16/h3-6,9-10,14H,7-8H2,1-2H3. The van der Waals surface area contributed by atoms with Gasteiger partial charge < -0.3 is 0 Å². The van der Waals surface area contributed by atoms with Crippen LogP contribution in [0.3, 0.4) is 0 Å². The molecule has 0 aliphatic carbocycles. The van der Waals surface area contributed by atoms with E-state index in [0.717, 1.165) is 0 Å². The fraction of sp³-hybridized carbons (Fsp3) is 0.375. The summed E-state index contributed by atoms with van der Waals surface area (Å²) >= 11 is 1.92. The first-order valence-corrected chi connectivity index (χ1v) is 7.50. The topological polar surface area (TPSA) is 3.24 Å². The molecule has 4 rings (SSSR count). The van der Waals surface area contributed by atoms with Crippen molar-refractivity contribution in [1.29, 1.82) is 0 Å². The Labute approximate surface area is 112 Å². The van der Waals surface area contributed by atoms with Crippen LogP contribution in [0.1, 0.15) is 41.0 Å². The molecule has 2 aliphatic rings. The number of fused-ring (bicyclic) bond motifs is 7. The summed E-state index contributed by atoms with van der Waals surface area (Å²) in [5.74, 6) is 0. The minimum Gasteiger partial charge on any atom is -0.285 e. The molecule has 2 aromatic rings. The molecule has 18 heavy (non-hydrogen) atoms. The van der Waals surface area contributed by atoms with Crippen molar-refractivity contribution in [3.63, 3.8) is 0 Å². The van der Waals surface area contributed by atoms with E-state index >= 15 is 0 Å². The van der Waals surface area contributed by atoms with Gasteiger partial charge in [-0.3, -0.25) is 4.90 Å². The van der Waals surface area contributed by atoms with E-state index in [4.69, 9.17) is 0 Å². The number of hydrogen-bond acceptors (Lipinski definition) is 2. The Hall–Kier alpha value is -1.12. The summed E-state index contributed by atoms with van der Waals surface area (Å²) in [6.45, 7) is 2.40. The second-order valence-electron chi connectivity index (χ2n) is 5.60. The monoisotopic (exact) mass is 255 g/mol. The highest BCUT2D eigenvalue weighted by Gasteiger charge is 2.48. The third kappa shape index (κ3) is 1.11. The van der Waals surface area contributed by atoms with Gasteiger partial charge in [0.2, 0.25) is 0 Å². The summed E-state index contributed by atoms with van der Waals surface area (Å²) < 4.78 is 0. The fourth-order valence-electron chi connectivity index (χ4n) is 3.82. The van der Waals surface area contributed by atoms with Crippen LogP contribution in [0.2, 0.25) is 0 Å². The number of aryl methyl sites for hydroxylation is 1. The molecule has 0 radical (unpaired) electrons. The molecular formula is C16H17NS. The largest absolute Gasteiger partial charge is 0.285 e. The third-order valence-electron chi connectivity index (χ3n) is 4.89. The van der Waals surface area contributed by atoms with Crippen LogP contribution in [0, 0.1) is 0 Å². The van der Waals surface area contributed by atoms with Crippen molar-refractivity contribution < 1.29 is 0 Å². The first-order chi connectivity index (χ1) is 8.73. The van der Waals surface area contributed by atoms with E-state index in [-0.39, 0.29) is 5.54 Å². The molecule has 0 fully saturated rings. The van der Waals surface area contributed by atoms with Crippen LogP contribution in [-0.4, -0.2) is 11.9 Å². The lowest BCUT2D eigenvalue weighted by molar-refractivity contribution is 0.154. The first kappa shape index (κ1) is 10.8. The zero-order valence-electron chi connectivity index (χ0n) is 10.8. The third-order valence-corrected chi connectivity index (χ3v) is 6.06. The maximum Gasteiger partial charge on any atom is 0.0789 e.